The molecular weight excluding hydrogens is 345 g/mol. The quantitative estimate of drug-likeness (QED) is 0.694. The van der Waals surface area contributed by atoms with E-state index in [-0.39, 0.29) is 12.0 Å². The number of allylic oxidation sites excluding steroid dienone is 2. The highest BCUT2D eigenvalue weighted by Gasteiger charge is 2.38. The molecule has 0 spiro atoms. The number of rotatable bonds is 2. The minimum Gasteiger partial charge on any atom is -0.478 e. The number of carboxylic acid groups (broad SMARTS) is 1. The van der Waals surface area contributed by atoms with Gasteiger partial charge in [0.05, 0.1) is 22.3 Å². The maximum atomic E-state index is 11.1. The summed E-state index contributed by atoms with van der Waals surface area (Å²) in [5.74, 6) is -0.286. The SMILES string of the molecule is O=C(O)c1ccc([C@@H]2Nc3c(Cl)cc(Cl)cc3[C@@H]3C=CC[C@H]32)cc1. The number of anilines is 1. The van der Waals surface area contributed by atoms with E-state index >= 15 is 0 Å². The van der Waals surface area contributed by atoms with Crippen LogP contribution in [0.4, 0.5) is 5.69 Å². The summed E-state index contributed by atoms with van der Waals surface area (Å²) >= 11 is 12.6. The Labute approximate surface area is 149 Å². The van der Waals surface area contributed by atoms with Crippen molar-refractivity contribution in [3.05, 3.63) is 75.3 Å². The molecular formula is C19H15Cl2NO2. The first-order chi connectivity index (χ1) is 11.5. The van der Waals surface area contributed by atoms with Gasteiger partial charge >= 0.3 is 5.97 Å². The zero-order valence-electron chi connectivity index (χ0n) is 12.7. The van der Waals surface area contributed by atoms with E-state index in [1.165, 1.54) is 0 Å². The Morgan fingerprint density at radius 3 is 2.62 bits per heavy atom. The highest BCUT2D eigenvalue weighted by Crippen LogP contribution is 2.52. The molecule has 0 radical (unpaired) electrons. The smallest absolute Gasteiger partial charge is 0.335 e. The Morgan fingerprint density at radius 2 is 1.92 bits per heavy atom. The second-order valence-corrected chi connectivity index (χ2v) is 7.10. The third-order valence-electron chi connectivity index (χ3n) is 4.90. The van der Waals surface area contributed by atoms with Gasteiger partial charge in [0.1, 0.15) is 0 Å². The molecule has 0 amide bonds. The maximum absolute atomic E-state index is 11.1. The van der Waals surface area contributed by atoms with Gasteiger partial charge in [-0.1, -0.05) is 47.5 Å². The van der Waals surface area contributed by atoms with Crippen molar-refractivity contribution in [2.75, 3.05) is 5.32 Å². The van der Waals surface area contributed by atoms with Crippen LogP contribution in [0.2, 0.25) is 10.0 Å². The van der Waals surface area contributed by atoms with E-state index in [0.717, 1.165) is 23.2 Å². The molecule has 0 unspecified atom stereocenters. The summed E-state index contributed by atoms with van der Waals surface area (Å²) < 4.78 is 0. The van der Waals surface area contributed by atoms with E-state index in [1.807, 2.05) is 18.2 Å². The molecule has 1 aliphatic carbocycles. The predicted molar refractivity (Wildman–Crippen MR) is 96.2 cm³/mol. The van der Waals surface area contributed by atoms with Gasteiger partial charge in [-0.2, -0.15) is 0 Å². The molecule has 2 N–H and O–H groups in total. The molecule has 3 nitrogen and oxygen atoms in total. The van der Waals surface area contributed by atoms with E-state index in [1.54, 1.807) is 18.2 Å². The van der Waals surface area contributed by atoms with Crippen LogP contribution in [-0.4, -0.2) is 11.1 Å². The fourth-order valence-corrected chi connectivity index (χ4v) is 4.35. The number of hydrogen-bond acceptors (Lipinski definition) is 2. The summed E-state index contributed by atoms with van der Waals surface area (Å²) in [5, 5.41) is 13.9. The van der Waals surface area contributed by atoms with E-state index in [0.29, 0.717) is 21.5 Å². The zero-order valence-corrected chi connectivity index (χ0v) is 14.2. The fraction of sp³-hybridized carbons (Fsp3) is 0.211. The Bertz CT molecular complexity index is 845. The lowest BCUT2D eigenvalue weighted by Gasteiger charge is -2.38. The molecule has 2 aromatic carbocycles. The third-order valence-corrected chi connectivity index (χ3v) is 5.42. The molecule has 5 heteroatoms. The van der Waals surface area contributed by atoms with Crippen molar-refractivity contribution in [1.82, 2.24) is 0 Å². The number of fused-ring (bicyclic) bond motifs is 3. The number of carboxylic acids is 1. The second-order valence-electron chi connectivity index (χ2n) is 6.25. The Kier molecular flexibility index (Phi) is 3.78. The summed E-state index contributed by atoms with van der Waals surface area (Å²) in [6.45, 7) is 0. The third kappa shape index (κ3) is 2.48. The first kappa shape index (κ1) is 15.6. The molecule has 3 atom stereocenters. The minimum absolute atomic E-state index is 0.0824. The molecule has 0 aromatic heterocycles. The lowest BCUT2D eigenvalue weighted by atomic mass is 9.77. The zero-order chi connectivity index (χ0) is 16.8. The standard InChI is InChI=1S/C19H15Cl2NO2/c20-12-8-15-13-2-1-3-14(13)17(22-18(15)16(21)9-12)10-4-6-11(7-5-10)19(23)24/h1-2,4-9,13-14,17,22H,3H2,(H,23,24)/t13-,14-,17+/m1/s1. The van der Waals surface area contributed by atoms with Crippen LogP contribution in [-0.2, 0) is 0 Å². The van der Waals surface area contributed by atoms with E-state index in [9.17, 15) is 4.79 Å². The van der Waals surface area contributed by atoms with Gasteiger partial charge in [0.15, 0.2) is 0 Å². The molecule has 0 bridgehead atoms. The average Bonchev–Trinajstić information content (AvgIpc) is 3.04. The van der Waals surface area contributed by atoms with Gasteiger partial charge in [0, 0.05) is 10.9 Å². The number of benzene rings is 2. The number of carbonyl (C=O) groups is 1. The van der Waals surface area contributed by atoms with E-state index in [2.05, 4.69) is 17.5 Å². The molecule has 0 saturated carbocycles. The second kappa shape index (κ2) is 5.83. The molecule has 24 heavy (non-hydrogen) atoms. The van der Waals surface area contributed by atoms with E-state index in [4.69, 9.17) is 28.3 Å². The summed E-state index contributed by atoms with van der Waals surface area (Å²) in [6.07, 6.45) is 5.38. The Hall–Kier alpha value is -1.97. The van der Waals surface area contributed by atoms with Gasteiger partial charge in [0.25, 0.3) is 0 Å². The average molecular weight is 360 g/mol. The molecule has 0 saturated heterocycles. The molecule has 0 fully saturated rings. The van der Waals surface area contributed by atoms with Crippen LogP contribution >= 0.6 is 23.2 Å². The first-order valence-electron chi connectivity index (χ1n) is 7.80. The van der Waals surface area contributed by atoms with Crippen LogP contribution in [0.5, 0.6) is 0 Å². The molecule has 1 aliphatic heterocycles. The van der Waals surface area contributed by atoms with Crippen molar-refractivity contribution in [1.29, 1.82) is 0 Å². The van der Waals surface area contributed by atoms with Gasteiger partial charge in [-0.3, -0.25) is 0 Å². The monoisotopic (exact) mass is 359 g/mol. The molecule has 122 valence electrons. The van der Waals surface area contributed by atoms with Crippen molar-refractivity contribution in [2.45, 2.75) is 18.4 Å². The van der Waals surface area contributed by atoms with Gasteiger partial charge < -0.3 is 10.4 Å². The highest BCUT2D eigenvalue weighted by molar-refractivity contribution is 6.36. The van der Waals surface area contributed by atoms with E-state index < -0.39 is 5.97 Å². The van der Waals surface area contributed by atoms with Crippen LogP contribution in [0.15, 0.2) is 48.6 Å². The lowest BCUT2D eigenvalue weighted by molar-refractivity contribution is 0.0697. The van der Waals surface area contributed by atoms with Crippen LogP contribution in [0.3, 0.4) is 0 Å². The van der Waals surface area contributed by atoms with Crippen molar-refractivity contribution < 1.29 is 9.90 Å². The van der Waals surface area contributed by atoms with Crippen molar-refractivity contribution in [3.63, 3.8) is 0 Å². The molecule has 2 aromatic rings. The van der Waals surface area contributed by atoms with Crippen molar-refractivity contribution >= 4 is 34.9 Å². The van der Waals surface area contributed by atoms with Crippen LogP contribution < -0.4 is 5.32 Å². The number of hydrogen-bond donors (Lipinski definition) is 2. The first-order valence-corrected chi connectivity index (χ1v) is 8.55. The topological polar surface area (TPSA) is 49.3 Å². The lowest BCUT2D eigenvalue weighted by Crippen LogP contribution is -2.29. The van der Waals surface area contributed by atoms with Crippen molar-refractivity contribution in [2.24, 2.45) is 5.92 Å². The highest BCUT2D eigenvalue weighted by atomic mass is 35.5. The molecule has 1 heterocycles. The maximum Gasteiger partial charge on any atom is 0.335 e. The minimum atomic E-state index is -0.915. The number of aromatic carboxylic acids is 1. The van der Waals surface area contributed by atoms with Crippen molar-refractivity contribution in [3.8, 4) is 0 Å². The Morgan fingerprint density at radius 1 is 1.17 bits per heavy atom. The summed E-state index contributed by atoms with van der Waals surface area (Å²) in [7, 11) is 0. The molecule has 2 aliphatic rings. The molecule has 4 rings (SSSR count). The summed E-state index contributed by atoms with van der Waals surface area (Å²) in [6, 6.07) is 10.9. The summed E-state index contributed by atoms with van der Waals surface area (Å²) in [5.41, 5.74) is 3.40. The summed E-state index contributed by atoms with van der Waals surface area (Å²) in [4.78, 5) is 11.1. The van der Waals surface area contributed by atoms with Crippen LogP contribution in [0.25, 0.3) is 0 Å². The van der Waals surface area contributed by atoms with Crippen LogP contribution in [0, 0.1) is 5.92 Å². The predicted octanol–water partition coefficient (Wildman–Crippen LogP) is 5.52. The largest absolute Gasteiger partial charge is 0.478 e. The van der Waals surface area contributed by atoms with Gasteiger partial charge in [-0.15, -0.1) is 0 Å². The normalized spacial score (nSPS) is 24.2. The van der Waals surface area contributed by atoms with Gasteiger partial charge in [0.2, 0.25) is 0 Å². The number of nitrogens with one attached hydrogen (secondary N) is 1. The number of halogens is 2. The van der Waals surface area contributed by atoms with Gasteiger partial charge in [-0.05, 0) is 47.7 Å². The van der Waals surface area contributed by atoms with Crippen LogP contribution in [0.1, 0.15) is 39.9 Å². The van der Waals surface area contributed by atoms with Gasteiger partial charge in [-0.25, -0.2) is 4.79 Å². The fourth-order valence-electron chi connectivity index (χ4n) is 3.78. The Balaban J connectivity index is 1.76.